The lowest BCUT2D eigenvalue weighted by Crippen LogP contribution is -2.13. The summed E-state index contributed by atoms with van der Waals surface area (Å²) in [7, 11) is 3.40. The van der Waals surface area contributed by atoms with Gasteiger partial charge in [0, 0.05) is 32.3 Å². The van der Waals surface area contributed by atoms with E-state index < -0.39 is 5.82 Å². The predicted molar refractivity (Wildman–Crippen MR) is 93.8 cm³/mol. The summed E-state index contributed by atoms with van der Waals surface area (Å²) in [6.07, 6.45) is 2.99. The lowest BCUT2D eigenvalue weighted by Gasteiger charge is -2.17. The van der Waals surface area contributed by atoms with Crippen molar-refractivity contribution in [1.82, 2.24) is 9.97 Å². The molecule has 0 aliphatic rings. The maximum Gasteiger partial charge on any atom is 0.164 e. The molecule has 5 nitrogen and oxygen atoms in total. The van der Waals surface area contributed by atoms with E-state index in [4.69, 9.17) is 22.7 Å². The van der Waals surface area contributed by atoms with Gasteiger partial charge in [0.05, 0.1) is 22.0 Å². The highest BCUT2D eigenvalue weighted by molar-refractivity contribution is 6.33. The van der Waals surface area contributed by atoms with E-state index in [1.807, 2.05) is 0 Å². The standard InChI is InChI=1S/C16H17ClFN5/c1-4-9-12(7-8-19)21-16(22-15(9)20)10-5-6-11(17)14(13(10)18)23(2)3/h4-6,8,19H,1,7H2,2-3H3,(H2,20,21,22). The third-order valence-corrected chi connectivity index (χ3v) is 3.61. The number of rotatable bonds is 5. The van der Waals surface area contributed by atoms with Gasteiger partial charge in [-0.25, -0.2) is 14.4 Å². The molecule has 7 heteroatoms. The maximum absolute atomic E-state index is 14.8. The van der Waals surface area contributed by atoms with E-state index in [-0.39, 0.29) is 29.3 Å². The van der Waals surface area contributed by atoms with Crippen molar-refractivity contribution in [1.29, 1.82) is 5.41 Å². The summed E-state index contributed by atoms with van der Waals surface area (Å²) < 4.78 is 14.8. The molecule has 0 unspecified atom stereocenters. The fraction of sp³-hybridized carbons (Fsp3) is 0.188. The Morgan fingerprint density at radius 1 is 1.39 bits per heavy atom. The first-order valence-corrected chi connectivity index (χ1v) is 7.22. The monoisotopic (exact) mass is 333 g/mol. The van der Waals surface area contributed by atoms with Crippen LogP contribution in [0.5, 0.6) is 0 Å². The molecule has 23 heavy (non-hydrogen) atoms. The van der Waals surface area contributed by atoms with Crippen LogP contribution in [0.2, 0.25) is 5.02 Å². The minimum Gasteiger partial charge on any atom is -0.383 e. The summed E-state index contributed by atoms with van der Waals surface area (Å²) in [5, 5.41) is 7.56. The molecule has 0 radical (unpaired) electrons. The van der Waals surface area contributed by atoms with Crippen molar-refractivity contribution in [3.63, 3.8) is 0 Å². The van der Waals surface area contributed by atoms with Crippen molar-refractivity contribution in [2.24, 2.45) is 0 Å². The molecule has 0 bridgehead atoms. The number of anilines is 2. The van der Waals surface area contributed by atoms with Crippen LogP contribution in [0.25, 0.3) is 17.5 Å². The Kier molecular flexibility index (Phi) is 4.95. The number of nitrogens with zero attached hydrogens (tertiary/aromatic N) is 3. The minimum absolute atomic E-state index is 0.155. The molecule has 2 aromatic rings. The molecule has 3 N–H and O–H groups in total. The van der Waals surface area contributed by atoms with Crippen molar-refractivity contribution in [2.45, 2.75) is 6.42 Å². The van der Waals surface area contributed by atoms with E-state index in [1.54, 1.807) is 25.1 Å². The van der Waals surface area contributed by atoms with Crippen LogP contribution in [0.4, 0.5) is 15.9 Å². The first kappa shape index (κ1) is 16.9. The molecule has 0 saturated heterocycles. The zero-order chi connectivity index (χ0) is 17.1. The second kappa shape index (κ2) is 6.75. The molecule has 0 atom stereocenters. The highest BCUT2D eigenvalue weighted by atomic mass is 35.5. The van der Waals surface area contributed by atoms with Gasteiger partial charge in [-0.05, 0) is 12.1 Å². The summed E-state index contributed by atoms with van der Waals surface area (Å²) in [4.78, 5) is 10.1. The number of halogens is 2. The van der Waals surface area contributed by atoms with Crippen LogP contribution in [0.1, 0.15) is 11.3 Å². The smallest absolute Gasteiger partial charge is 0.164 e. The van der Waals surface area contributed by atoms with Crippen molar-refractivity contribution < 1.29 is 4.39 Å². The number of aromatic nitrogens is 2. The molecule has 0 amide bonds. The number of hydrogen-bond acceptors (Lipinski definition) is 5. The minimum atomic E-state index is -0.519. The molecule has 1 aromatic carbocycles. The van der Waals surface area contributed by atoms with Crippen LogP contribution in [0, 0.1) is 11.2 Å². The van der Waals surface area contributed by atoms with E-state index in [0.29, 0.717) is 16.3 Å². The van der Waals surface area contributed by atoms with Crippen molar-refractivity contribution in [3.05, 3.63) is 40.8 Å². The first-order valence-electron chi connectivity index (χ1n) is 6.84. The van der Waals surface area contributed by atoms with Crippen molar-refractivity contribution in [3.8, 4) is 11.4 Å². The number of hydrogen-bond donors (Lipinski definition) is 2. The Labute approximate surface area is 139 Å². The fourth-order valence-corrected chi connectivity index (χ4v) is 2.57. The molecule has 0 spiro atoms. The molecular weight excluding hydrogens is 317 g/mol. The van der Waals surface area contributed by atoms with E-state index in [9.17, 15) is 4.39 Å². The zero-order valence-corrected chi connectivity index (χ0v) is 13.7. The fourth-order valence-electron chi connectivity index (χ4n) is 2.25. The van der Waals surface area contributed by atoms with Gasteiger partial charge in [-0.2, -0.15) is 0 Å². The van der Waals surface area contributed by atoms with Gasteiger partial charge in [0.25, 0.3) is 0 Å². The van der Waals surface area contributed by atoms with Gasteiger partial charge in [-0.15, -0.1) is 0 Å². The molecule has 0 aliphatic heterocycles. The Morgan fingerprint density at radius 3 is 2.65 bits per heavy atom. The first-order chi connectivity index (χ1) is 10.9. The highest BCUT2D eigenvalue weighted by Crippen LogP contribution is 2.34. The third-order valence-electron chi connectivity index (χ3n) is 3.31. The van der Waals surface area contributed by atoms with Gasteiger partial charge in [0.2, 0.25) is 0 Å². The normalized spacial score (nSPS) is 10.4. The molecule has 0 saturated carbocycles. The second-order valence-corrected chi connectivity index (χ2v) is 5.46. The summed E-state index contributed by atoms with van der Waals surface area (Å²) in [6.45, 7) is 3.67. The quantitative estimate of drug-likeness (QED) is 0.822. The Hall–Kier alpha value is -2.47. The van der Waals surface area contributed by atoms with Crippen LogP contribution < -0.4 is 10.6 Å². The van der Waals surface area contributed by atoms with E-state index >= 15 is 0 Å². The van der Waals surface area contributed by atoms with Gasteiger partial charge >= 0.3 is 0 Å². The molecule has 2 rings (SSSR count). The Bertz CT molecular complexity index is 774. The van der Waals surface area contributed by atoms with Crippen molar-refractivity contribution >= 4 is 35.4 Å². The molecule has 120 valence electrons. The zero-order valence-electron chi connectivity index (χ0n) is 12.9. The Balaban J connectivity index is 2.70. The highest BCUT2D eigenvalue weighted by Gasteiger charge is 2.19. The van der Waals surface area contributed by atoms with Gasteiger partial charge in [0.1, 0.15) is 5.82 Å². The third kappa shape index (κ3) is 3.17. The van der Waals surface area contributed by atoms with Crippen LogP contribution in [-0.4, -0.2) is 30.3 Å². The second-order valence-electron chi connectivity index (χ2n) is 5.06. The van der Waals surface area contributed by atoms with E-state index in [1.165, 1.54) is 18.4 Å². The molecule has 0 aliphatic carbocycles. The SMILES string of the molecule is C=Cc1c(N)nc(-c2ccc(Cl)c(N(C)C)c2F)nc1CC=N. The Morgan fingerprint density at radius 2 is 2.09 bits per heavy atom. The summed E-state index contributed by atoms with van der Waals surface area (Å²) in [6, 6.07) is 3.10. The lowest BCUT2D eigenvalue weighted by molar-refractivity contribution is 0.628. The van der Waals surface area contributed by atoms with E-state index in [2.05, 4.69) is 16.5 Å². The summed E-state index contributed by atoms with van der Waals surface area (Å²) in [5.41, 5.74) is 7.46. The number of benzene rings is 1. The van der Waals surface area contributed by atoms with Crippen LogP contribution in [0.15, 0.2) is 18.7 Å². The summed E-state index contributed by atoms with van der Waals surface area (Å²) >= 11 is 6.05. The molecule has 1 aromatic heterocycles. The molecule has 0 fully saturated rings. The van der Waals surface area contributed by atoms with Crippen molar-refractivity contribution in [2.75, 3.05) is 24.7 Å². The van der Waals surface area contributed by atoms with Crippen LogP contribution in [-0.2, 0) is 6.42 Å². The van der Waals surface area contributed by atoms with Gasteiger partial charge < -0.3 is 16.0 Å². The topological polar surface area (TPSA) is 78.9 Å². The number of nitrogen functional groups attached to an aromatic ring is 1. The van der Waals surface area contributed by atoms with Crippen LogP contribution >= 0.6 is 11.6 Å². The largest absolute Gasteiger partial charge is 0.383 e. The maximum atomic E-state index is 14.8. The molecule has 1 heterocycles. The van der Waals surface area contributed by atoms with Gasteiger partial charge in [-0.1, -0.05) is 24.3 Å². The summed E-state index contributed by atoms with van der Waals surface area (Å²) in [5.74, 6) is -0.168. The average molecular weight is 334 g/mol. The predicted octanol–water partition coefficient (Wildman–Crippen LogP) is 3.42. The number of nitrogens with one attached hydrogen (secondary N) is 1. The average Bonchev–Trinajstić information content (AvgIpc) is 2.47. The van der Waals surface area contributed by atoms with Gasteiger partial charge in [-0.3, -0.25) is 0 Å². The lowest BCUT2D eigenvalue weighted by atomic mass is 10.1. The van der Waals surface area contributed by atoms with E-state index in [0.717, 1.165) is 0 Å². The molecular formula is C16H17ClFN5. The van der Waals surface area contributed by atoms with Crippen LogP contribution in [0.3, 0.4) is 0 Å². The van der Waals surface area contributed by atoms with Gasteiger partial charge in [0.15, 0.2) is 11.6 Å². The number of nitrogens with two attached hydrogens (primary N) is 1.